The first kappa shape index (κ1) is 15.0. The van der Waals surface area contributed by atoms with Gasteiger partial charge in [-0.2, -0.15) is 5.10 Å². The van der Waals surface area contributed by atoms with Crippen LogP contribution in [0, 0.1) is 6.92 Å². The molecule has 0 aliphatic heterocycles. The van der Waals surface area contributed by atoms with Gasteiger partial charge in [0.1, 0.15) is 0 Å². The van der Waals surface area contributed by atoms with Crippen LogP contribution in [-0.4, -0.2) is 20.7 Å². The quantitative estimate of drug-likeness (QED) is 0.561. The molecule has 4 N–H and O–H groups in total. The van der Waals surface area contributed by atoms with Crippen LogP contribution < -0.4 is 16.6 Å². The zero-order valence-corrected chi connectivity index (χ0v) is 12.5. The van der Waals surface area contributed by atoms with E-state index in [1.165, 1.54) is 6.20 Å². The van der Waals surface area contributed by atoms with E-state index in [1.807, 2.05) is 27.1 Å². The SMILES string of the molecule is CCc1nn(C)cc1CNC(=O)c1cnc(C)cc1NN. The first-order valence-corrected chi connectivity index (χ1v) is 6.78. The lowest BCUT2D eigenvalue weighted by atomic mass is 10.2. The summed E-state index contributed by atoms with van der Waals surface area (Å²) in [4.78, 5) is 16.4. The highest BCUT2D eigenvalue weighted by Gasteiger charge is 2.13. The summed E-state index contributed by atoms with van der Waals surface area (Å²) in [6.45, 7) is 4.30. The Balaban J connectivity index is 2.11. The average Bonchev–Trinajstić information content (AvgIpc) is 2.84. The van der Waals surface area contributed by atoms with Crippen LogP contribution in [0.2, 0.25) is 0 Å². The molecule has 0 saturated carbocycles. The lowest BCUT2D eigenvalue weighted by molar-refractivity contribution is 0.0951. The number of nitrogen functional groups attached to an aromatic ring is 1. The molecule has 0 radical (unpaired) electrons. The van der Waals surface area contributed by atoms with Gasteiger partial charge in [0.2, 0.25) is 0 Å². The summed E-state index contributed by atoms with van der Waals surface area (Å²) in [7, 11) is 1.87. The molecule has 2 heterocycles. The Hall–Kier alpha value is -2.41. The number of amides is 1. The van der Waals surface area contributed by atoms with E-state index in [4.69, 9.17) is 5.84 Å². The van der Waals surface area contributed by atoms with Crippen LogP contribution in [0.5, 0.6) is 0 Å². The first-order chi connectivity index (χ1) is 10.0. The molecule has 0 spiro atoms. The summed E-state index contributed by atoms with van der Waals surface area (Å²) in [6, 6.07) is 1.73. The maximum Gasteiger partial charge on any atom is 0.255 e. The van der Waals surface area contributed by atoms with Crippen LogP contribution in [0.1, 0.15) is 34.2 Å². The highest BCUT2D eigenvalue weighted by molar-refractivity contribution is 5.99. The van der Waals surface area contributed by atoms with Gasteiger partial charge in [-0.15, -0.1) is 0 Å². The minimum absolute atomic E-state index is 0.221. The third-order valence-corrected chi connectivity index (χ3v) is 3.21. The number of aromatic nitrogens is 3. The predicted molar refractivity (Wildman–Crippen MR) is 80.5 cm³/mol. The van der Waals surface area contributed by atoms with Crippen molar-refractivity contribution in [2.24, 2.45) is 12.9 Å². The van der Waals surface area contributed by atoms with Gasteiger partial charge in [-0.25, -0.2) is 0 Å². The van der Waals surface area contributed by atoms with E-state index >= 15 is 0 Å². The van der Waals surface area contributed by atoms with E-state index in [0.717, 1.165) is 23.4 Å². The summed E-state index contributed by atoms with van der Waals surface area (Å²) in [6.07, 6.45) is 4.26. The molecule has 0 aromatic carbocycles. The van der Waals surface area contributed by atoms with Gasteiger partial charge in [0, 0.05) is 37.2 Å². The number of nitrogens with one attached hydrogen (secondary N) is 2. The Morgan fingerprint density at radius 1 is 1.48 bits per heavy atom. The van der Waals surface area contributed by atoms with E-state index < -0.39 is 0 Å². The van der Waals surface area contributed by atoms with Crippen LogP contribution >= 0.6 is 0 Å². The van der Waals surface area contributed by atoms with Gasteiger partial charge in [-0.3, -0.25) is 20.3 Å². The molecule has 2 rings (SSSR count). The molecular weight excluding hydrogens is 268 g/mol. The molecule has 0 fully saturated rings. The largest absolute Gasteiger partial charge is 0.348 e. The number of aryl methyl sites for hydroxylation is 3. The Bertz CT molecular complexity index is 649. The number of nitrogens with zero attached hydrogens (tertiary/aromatic N) is 3. The number of carbonyl (C=O) groups excluding carboxylic acids is 1. The van der Waals surface area contributed by atoms with Crippen LogP contribution in [0.15, 0.2) is 18.5 Å². The highest BCUT2D eigenvalue weighted by Crippen LogP contribution is 2.14. The smallest absolute Gasteiger partial charge is 0.255 e. The van der Waals surface area contributed by atoms with Crippen molar-refractivity contribution in [1.82, 2.24) is 20.1 Å². The summed E-state index contributed by atoms with van der Waals surface area (Å²) in [5.41, 5.74) is 6.29. The number of rotatable bonds is 5. The molecule has 7 heteroatoms. The first-order valence-electron chi connectivity index (χ1n) is 6.78. The molecule has 21 heavy (non-hydrogen) atoms. The van der Waals surface area contributed by atoms with E-state index in [9.17, 15) is 4.79 Å². The second-order valence-electron chi connectivity index (χ2n) is 4.83. The standard InChI is InChI=1S/C14H20N6O/c1-4-12-10(8-20(3)19-12)6-17-14(21)11-7-16-9(2)5-13(11)18-15/h5,7-8H,4,6,15H2,1-3H3,(H,16,18)(H,17,21). The van der Waals surface area contributed by atoms with Gasteiger partial charge in [0.25, 0.3) is 5.91 Å². The van der Waals surface area contributed by atoms with Gasteiger partial charge in [-0.05, 0) is 19.4 Å². The molecule has 112 valence electrons. The van der Waals surface area contributed by atoms with Gasteiger partial charge in [-0.1, -0.05) is 6.92 Å². The fourth-order valence-corrected chi connectivity index (χ4v) is 2.16. The van der Waals surface area contributed by atoms with E-state index in [1.54, 1.807) is 10.7 Å². The lowest BCUT2D eigenvalue weighted by Crippen LogP contribution is -2.25. The topological polar surface area (TPSA) is 97.9 Å². The molecule has 0 saturated heterocycles. The number of carbonyl (C=O) groups is 1. The minimum atomic E-state index is -0.221. The number of hydrogen-bond donors (Lipinski definition) is 3. The Morgan fingerprint density at radius 3 is 2.90 bits per heavy atom. The van der Waals surface area contributed by atoms with Crippen molar-refractivity contribution < 1.29 is 4.79 Å². The van der Waals surface area contributed by atoms with Crippen molar-refractivity contribution in [3.8, 4) is 0 Å². The van der Waals surface area contributed by atoms with E-state index in [0.29, 0.717) is 17.8 Å². The molecule has 0 aliphatic carbocycles. The monoisotopic (exact) mass is 288 g/mol. The highest BCUT2D eigenvalue weighted by atomic mass is 16.1. The average molecular weight is 288 g/mol. The van der Waals surface area contributed by atoms with Crippen molar-refractivity contribution in [2.45, 2.75) is 26.8 Å². The zero-order valence-electron chi connectivity index (χ0n) is 12.5. The Morgan fingerprint density at radius 2 is 2.24 bits per heavy atom. The normalized spacial score (nSPS) is 10.5. The second kappa shape index (κ2) is 6.36. The molecule has 7 nitrogen and oxygen atoms in total. The van der Waals surface area contributed by atoms with Crippen LogP contribution in [0.25, 0.3) is 0 Å². The predicted octanol–water partition coefficient (Wildman–Crippen LogP) is 0.902. The molecular formula is C14H20N6O. The van der Waals surface area contributed by atoms with Crippen LogP contribution in [0.3, 0.4) is 0 Å². The van der Waals surface area contributed by atoms with Crippen molar-refractivity contribution in [2.75, 3.05) is 5.43 Å². The maximum absolute atomic E-state index is 12.2. The van der Waals surface area contributed by atoms with Gasteiger partial charge >= 0.3 is 0 Å². The summed E-state index contributed by atoms with van der Waals surface area (Å²) >= 11 is 0. The van der Waals surface area contributed by atoms with Crippen LogP contribution in [-0.2, 0) is 20.0 Å². The van der Waals surface area contributed by atoms with Crippen molar-refractivity contribution in [3.63, 3.8) is 0 Å². The number of hydrogen-bond acceptors (Lipinski definition) is 5. The molecule has 0 atom stereocenters. The molecule has 2 aromatic rings. The molecule has 0 aliphatic rings. The van der Waals surface area contributed by atoms with Crippen LogP contribution in [0.4, 0.5) is 5.69 Å². The summed E-state index contributed by atoms with van der Waals surface area (Å²) in [5.74, 6) is 5.22. The fraction of sp³-hybridized carbons (Fsp3) is 0.357. The van der Waals surface area contributed by atoms with E-state index in [-0.39, 0.29) is 5.91 Å². The van der Waals surface area contributed by atoms with E-state index in [2.05, 4.69) is 20.8 Å². The second-order valence-corrected chi connectivity index (χ2v) is 4.83. The number of nitrogens with two attached hydrogens (primary N) is 1. The number of pyridine rings is 1. The number of hydrazine groups is 1. The third-order valence-electron chi connectivity index (χ3n) is 3.21. The molecule has 0 unspecified atom stereocenters. The third kappa shape index (κ3) is 3.38. The van der Waals surface area contributed by atoms with Crippen molar-refractivity contribution in [3.05, 3.63) is 41.0 Å². The maximum atomic E-state index is 12.2. The fourth-order valence-electron chi connectivity index (χ4n) is 2.16. The summed E-state index contributed by atoms with van der Waals surface area (Å²) in [5, 5.41) is 7.22. The molecule has 0 bridgehead atoms. The van der Waals surface area contributed by atoms with Crippen molar-refractivity contribution >= 4 is 11.6 Å². The van der Waals surface area contributed by atoms with Gasteiger partial charge in [0.15, 0.2) is 0 Å². The lowest BCUT2D eigenvalue weighted by Gasteiger charge is -2.10. The Kier molecular flexibility index (Phi) is 4.54. The minimum Gasteiger partial charge on any atom is -0.348 e. The van der Waals surface area contributed by atoms with Crippen molar-refractivity contribution in [1.29, 1.82) is 0 Å². The summed E-state index contributed by atoms with van der Waals surface area (Å²) < 4.78 is 1.75. The molecule has 1 amide bonds. The number of anilines is 1. The zero-order chi connectivity index (χ0) is 15.4. The van der Waals surface area contributed by atoms with Gasteiger partial charge < -0.3 is 10.7 Å². The molecule has 2 aromatic heterocycles. The van der Waals surface area contributed by atoms with Gasteiger partial charge in [0.05, 0.1) is 16.9 Å². The Labute approximate surface area is 123 Å².